The molecule has 1 aliphatic rings. The highest BCUT2D eigenvalue weighted by Gasteiger charge is 2.31. The summed E-state index contributed by atoms with van der Waals surface area (Å²) in [4.78, 5) is 22.0. The van der Waals surface area contributed by atoms with E-state index in [1.807, 2.05) is 6.07 Å². The Labute approximate surface area is 184 Å². The predicted octanol–water partition coefficient (Wildman–Crippen LogP) is 4.41. The van der Waals surface area contributed by atoms with Gasteiger partial charge in [-0.1, -0.05) is 12.1 Å². The minimum Gasteiger partial charge on any atom is -0.381 e. The molecular formula is C23H26F3N5O. The summed E-state index contributed by atoms with van der Waals surface area (Å²) in [6.45, 7) is 3.53. The fourth-order valence-electron chi connectivity index (χ4n) is 4.29. The fourth-order valence-corrected chi connectivity index (χ4v) is 4.29. The van der Waals surface area contributed by atoms with Crippen molar-refractivity contribution in [2.24, 2.45) is 0 Å². The third kappa shape index (κ3) is 4.57. The Hall–Kier alpha value is -3.07. The van der Waals surface area contributed by atoms with Gasteiger partial charge in [0.2, 0.25) is 0 Å². The first-order valence-electron chi connectivity index (χ1n) is 10.6. The number of aromatic amines is 1. The Bertz CT molecular complexity index is 1090. The van der Waals surface area contributed by atoms with Crippen LogP contribution in [0.5, 0.6) is 0 Å². The number of halogens is 3. The van der Waals surface area contributed by atoms with Crippen LogP contribution >= 0.6 is 0 Å². The number of carbonyl (C=O) groups excluding carboxylic acids is 1. The number of hydrogen-bond acceptors (Lipinski definition) is 4. The summed E-state index contributed by atoms with van der Waals surface area (Å²) in [6.07, 6.45) is 0.755. The van der Waals surface area contributed by atoms with E-state index < -0.39 is 11.7 Å². The van der Waals surface area contributed by atoms with E-state index in [4.69, 9.17) is 0 Å². The van der Waals surface area contributed by atoms with Crippen LogP contribution in [0.25, 0.3) is 11.0 Å². The van der Waals surface area contributed by atoms with E-state index in [0.717, 1.165) is 48.2 Å². The van der Waals surface area contributed by atoms with E-state index in [1.54, 1.807) is 31.6 Å². The molecule has 0 radical (unpaired) electrons. The zero-order valence-electron chi connectivity index (χ0n) is 18.0. The maximum Gasteiger partial charge on any atom is 0.416 e. The average molecular weight is 445 g/mol. The molecule has 2 aromatic heterocycles. The molecule has 0 aliphatic carbocycles. The van der Waals surface area contributed by atoms with Gasteiger partial charge in [-0.05, 0) is 43.5 Å². The number of piperidine rings is 1. The van der Waals surface area contributed by atoms with Gasteiger partial charge in [0.15, 0.2) is 0 Å². The topological polar surface area (TPSA) is 73.0 Å². The Morgan fingerprint density at radius 2 is 2.00 bits per heavy atom. The summed E-state index contributed by atoms with van der Waals surface area (Å²) in [5.74, 6) is -0.198. The molecule has 1 aliphatic heterocycles. The summed E-state index contributed by atoms with van der Waals surface area (Å²) in [7, 11) is 1.59. The van der Waals surface area contributed by atoms with Crippen molar-refractivity contribution >= 4 is 22.6 Å². The molecule has 2 atom stereocenters. The van der Waals surface area contributed by atoms with Gasteiger partial charge in [0, 0.05) is 50.0 Å². The van der Waals surface area contributed by atoms with Gasteiger partial charge < -0.3 is 15.6 Å². The lowest BCUT2D eigenvalue weighted by Crippen LogP contribution is -2.44. The monoisotopic (exact) mass is 445 g/mol. The smallest absolute Gasteiger partial charge is 0.381 e. The Morgan fingerprint density at radius 3 is 2.66 bits per heavy atom. The molecule has 170 valence electrons. The van der Waals surface area contributed by atoms with Crippen LogP contribution in [0, 0.1) is 0 Å². The van der Waals surface area contributed by atoms with Crippen molar-refractivity contribution in [2.45, 2.75) is 44.6 Å². The number of anilines is 1. The second-order valence-corrected chi connectivity index (χ2v) is 8.25. The molecule has 0 saturated carbocycles. The summed E-state index contributed by atoms with van der Waals surface area (Å²) in [6, 6.07) is 7.68. The van der Waals surface area contributed by atoms with Crippen molar-refractivity contribution < 1.29 is 18.0 Å². The molecule has 0 unspecified atom stereocenters. The van der Waals surface area contributed by atoms with Crippen LogP contribution < -0.4 is 10.6 Å². The second kappa shape index (κ2) is 8.82. The number of nitrogens with one attached hydrogen (secondary N) is 3. The first kappa shape index (κ1) is 22.1. The first-order chi connectivity index (χ1) is 15.3. The van der Waals surface area contributed by atoms with Crippen LogP contribution in [0.15, 0.2) is 42.7 Å². The highest BCUT2D eigenvalue weighted by atomic mass is 19.4. The molecule has 0 spiro atoms. The highest BCUT2D eigenvalue weighted by Crippen LogP contribution is 2.31. The Balaban J connectivity index is 1.44. The number of carbonyl (C=O) groups is 1. The minimum absolute atomic E-state index is 0.165. The van der Waals surface area contributed by atoms with Crippen LogP contribution in [0.3, 0.4) is 0 Å². The number of amides is 1. The van der Waals surface area contributed by atoms with Crippen LogP contribution in [0.4, 0.5) is 18.9 Å². The van der Waals surface area contributed by atoms with Crippen LogP contribution in [-0.2, 0) is 12.7 Å². The van der Waals surface area contributed by atoms with E-state index in [0.29, 0.717) is 17.8 Å². The summed E-state index contributed by atoms with van der Waals surface area (Å²) in [5.41, 5.74) is 2.22. The van der Waals surface area contributed by atoms with Crippen LogP contribution in [0.2, 0.25) is 0 Å². The van der Waals surface area contributed by atoms with Gasteiger partial charge in [-0.2, -0.15) is 13.2 Å². The van der Waals surface area contributed by atoms with E-state index >= 15 is 0 Å². The lowest BCUT2D eigenvalue weighted by molar-refractivity contribution is -0.137. The molecule has 1 aromatic carbocycles. The first-order valence-corrected chi connectivity index (χ1v) is 10.6. The molecule has 9 heteroatoms. The molecule has 3 aromatic rings. The van der Waals surface area contributed by atoms with Crippen molar-refractivity contribution in [3.05, 3.63) is 59.4 Å². The predicted molar refractivity (Wildman–Crippen MR) is 117 cm³/mol. The third-order valence-electron chi connectivity index (χ3n) is 6.09. The Morgan fingerprint density at radius 1 is 1.25 bits per heavy atom. The molecule has 1 saturated heterocycles. The minimum atomic E-state index is -4.32. The van der Waals surface area contributed by atoms with Gasteiger partial charge in [0.05, 0.1) is 16.8 Å². The van der Waals surface area contributed by atoms with E-state index in [1.165, 1.54) is 0 Å². The van der Waals surface area contributed by atoms with Crippen LogP contribution in [0.1, 0.15) is 41.3 Å². The molecule has 1 fully saturated rings. The number of nitrogens with zero attached hydrogens (tertiary/aromatic N) is 2. The number of fused-ring (bicyclic) bond motifs is 1. The number of H-pyrrole nitrogens is 1. The molecule has 6 nitrogen and oxygen atoms in total. The number of benzene rings is 1. The van der Waals surface area contributed by atoms with Crippen molar-refractivity contribution in [2.75, 3.05) is 18.9 Å². The number of rotatable bonds is 5. The quantitative estimate of drug-likeness (QED) is 0.544. The maximum absolute atomic E-state index is 12.8. The van der Waals surface area contributed by atoms with Gasteiger partial charge in [0.1, 0.15) is 5.65 Å². The van der Waals surface area contributed by atoms with Gasteiger partial charge in [-0.25, -0.2) is 4.98 Å². The lowest BCUT2D eigenvalue weighted by atomic mass is 9.96. The Kier molecular flexibility index (Phi) is 6.10. The molecule has 4 rings (SSSR count). The van der Waals surface area contributed by atoms with Gasteiger partial charge in [-0.15, -0.1) is 0 Å². The number of alkyl halides is 3. The molecule has 3 heterocycles. The summed E-state index contributed by atoms with van der Waals surface area (Å²) in [5, 5.41) is 7.09. The van der Waals surface area contributed by atoms with E-state index in [2.05, 4.69) is 32.4 Å². The van der Waals surface area contributed by atoms with Gasteiger partial charge in [0.25, 0.3) is 5.91 Å². The summed E-state index contributed by atoms with van der Waals surface area (Å²) < 4.78 is 38.4. The largest absolute Gasteiger partial charge is 0.416 e. The number of likely N-dealkylation sites (tertiary alicyclic amines) is 1. The van der Waals surface area contributed by atoms with Gasteiger partial charge in [-0.3, -0.25) is 9.69 Å². The number of aromatic nitrogens is 2. The molecule has 32 heavy (non-hydrogen) atoms. The zero-order valence-corrected chi connectivity index (χ0v) is 18.0. The van der Waals surface area contributed by atoms with E-state index in [9.17, 15) is 18.0 Å². The maximum atomic E-state index is 12.8. The number of hydrogen-bond donors (Lipinski definition) is 3. The molecule has 0 bridgehead atoms. The van der Waals surface area contributed by atoms with E-state index in [-0.39, 0.29) is 18.0 Å². The highest BCUT2D eigenvalue weighted by molar-refractivity contribution is 6.06. The summed E-state index contributed by atoms with van der Waals surface area (Å²) >= 11 is 0. The van der Waals surface area contributed by atoms with Crippen molar-refractivity contribution in [1.82, 2.24) is 20.2 Å². The molecule has 3 N–H and O–H groups in total. The van der Waals surface area contributed by atoms with Crippen molar-refractivity contribution in [3.63, 3.8) is 0 Å². The standard InChI is InChI=1S/C23H26F3N5O/c1-14-11-17(8-10-31(14)13-15-3-5-16(6-4-15)23(24,25)26)30-20-18-7-9-28-21(18)29-12-19(20)22(32)27-2/h3-7,9,12,14,17H,8,10-11,13H2,1-2H3,(H,27,32)(H2,28,29,30)/t14-,17-/m0/s1. The fraction of sp³-hybridized carbons (Fsp3) is 0.391. The van der Waals surface area contributed by atoms with Gasteiger partial charge >= 0.3 is 6.18 Å². The SMILES string of the molecule is CNC(=O)c1cnc2[nH]ccc2c1N[C@H]1CCN(Cc2ccc(C(F)(F)F)cc2)[C@@H](C)C1. The molecule has 1 amide bonds. The second-order valence-electron chi connectivity index (χ2n) is 8.25. The molecular weight excluding hydrogens is 419 g/mol. The third-order valence-corrected chi connectivity index (χ3v) is 6.09. The van der Waals surface area contributed by atoms with Crippen LogP contribution in [-0.4, -0.2) is 46.5 Å². The average Bonchev–Trinajstić information content (AvgIpc) is 3.24. The van der Waals surface area contributed by atoms with Crippen molar-refractivity contribution in [1.29, 1.82) is 0 Å². The zero-order chi connectivity index (χ0) is 22.9. The normalized spacial score (nSPS) is 19.8. The lowest BCUT2D eigenvalue weighted by Gasteiger charge is -2.38. The van der Waals surface area contributed by atoms with Crippen molar-refractivity contribution in [3.8, 4) is 0 Å². The number of pyridine rings is 1.